The maximum absolute atomic E-state index is 13.7. The first-order valence-corrected chi connectivity index (χ1v) is 7.36. The molecule has 2 aromatic rings. The largest absolute Gasteiger partial charge is 0.419 e. The zero-order chi connectivity index (χ0) is 15.5. The Balaban J connectivity index is 2.35. The second-order valence-corrected chi connectivity index (χ2v) is 5.26. The summed E-state index contributed by atoms with van der Waals surface area (Å²) in [7, 11) is 0. The molecule has 0 saturated heterocycles. The van der Waals surface area contributed by atoms with Crippen molar-refractivity contribution in [2.75, 3.05) is 6.54 Å². The van der Waals surface area contributed by atoms with Gasteiger partial charge in [0, 0.05) is 5.38 Å². The summed E-state index contributed by atoms with van der Waals surface area (Å²) >= 11 is 1.38. The standard InChI is InChI=1S/C14H14F4N2S/c1-2-5-19-13(12-7-21-8-20-12)9-3-4-10(11(15)6-9)14(16,17)18/h3-4,6-8,13,19H,2,5H2,1H3. The molecule has 114 valence electrons. The molecule has 0 radical (unpaired) electrons. The third-order valence-electron chi connectivity index (χ3n) is 2.98. The van der Waals surface area contributed by atoms with Crippen LogP contribution in [0.3, 0.4) is 0 Å². The zero-order valence-electron chi connectivity index (χ0n) is 11.2. The Morgan fingerprint density at radius 2 is 2.10 bits per heavy atom. The van der Waals surface area contributed by atoms with Gasteiger partial charge in [-0.1, -0.05) is 13.0 Å². The van der Waals surface area contributed by atoms with Gasteiger partial charge in [-0.3, -0.25) is 0 Å². The first-order chi connectivity index (χ1) is 9.93. The summed E-state index contributed by atoms with van der Waals surface area (Å²) in [6, 6.07) is 2.58. The predicted octanol–water partition coefficient (Wildman–Crippen LogP) is 4.39. The first-order valence-electron chi connectivity index (χ1n) is 6.41. The quantitative estimate of drug-likeness (QED) is 0.827. The van der Waals surface area contributed by atoms with Crippen molar-refractivity contribution < 1.29 is 17.6 Å². The molecule has 1 aromatic carbocycles. The Bertz CT molecular complexity index is 581. The molecule has 1 N–H and O–H groups in total. The van der Waals surface area contributed by atoms with Crippen molar-refractivity contribution in [3.05, 3.63) is 51.7 Å². The summed E-state index contributed by atoms with van der Waals surface area (Å²) in [5.41, 5.74) is 1.49. The maximum atomic E-state index is 13.7. The Morgan fingerprint density at radius 1 is 1.33 bits per heavy atom. The number of benzene rings is 1. The van der Waals surface area contributed by atoms with Crippen molar-refractivity contribution in [3.8, 4) is 0 Å². The molecule has 0 aliphatic carbocycles. The van der Waals surface area contributed by atoms with Gasteiger partial charge in [0.1, 0.15) is 5.82 Å². The van der Waals surface area contributed by atoms with Crippen LogP contribution in [0.25, 0.3) is 0 Å². The van der Waals surface area contributed by atoms with E-state index in [1.54, 1.807) is 10.9 Å². The lowest BCUT2D eigenvalue weighted by Crippen LogP contribution is -2.24. The van der Waals surface area contributed by atoms with E-state index in [0.29, 0.717) is 17.8 Å². The zero-order valence-corrected chi connectivity index (χ0v) is 12.1. The van der Waals surface area contributed by atoms with E-state index in [0.717, 1.165) is 18.6 Å². The van der Waals surface area contributed by atoms with Gasteiger partial charge in [0.2, 0.25) is 0 Å². The average molecular weight is 318 g/mol. The van der Waals surface area contributed by atoms with Crippen molar-refractivity contribution in [1.29, 1.82) is 0 Å². The molecule has 2 rings (SSSR count). The van der Waals surface area contributed by atoms with Crippen molar-refractivity contribution in [2.24, 2.45) is 0 Å². The molecule has 21 heavy (non-hydrogen) atoms. The number of alkyl halides is 3. The van der Waals surface area contributed by atoms with Crippen molar-refractivity contribution in [2.45, 2.75) is 25.6 Å². The lowest BCUT2D eigenvalue weighted by Gasteiger charge is -2.18. The normalized spacial score (nSPS) is 13.4. The molecule has 0 aliphatic heterocycles. The molecule has 1 aromatic heterocycles. The van der Waals surface area contributed by atoms with Crippen LogP contribution in [-0.4, -0.2) is 11.5 Å². The van der Waals surface area contributed by atoms with Gasteiger partial charge < -0.3 is 5.32 Å². The molecule has 0 aliphatic rings. The van der Waals surface area contributed by atoms with E-state index in [9.17, 15) is 17.6 Å². The first kappa shape index (κ1) is 15.9. The fourth-order valence-electron chi connectivity index (χ4n) is 1.99. The summed E-state index contributed by atoms with van der Waals surface area (Å²) in [6.45, 7) is 2.63. The van der Waals surface area contributed by atoms with Gasteiger partial charge in [-0.2, -0.15) is 13.2 Å². The number of halogens is 4. The second-order valence-electron chi connectivity index (χ2n) is 4.54. The minimum atomic E-state index is -4.68. The number of hydrogen-bond donors (Lipinski definition) is 1. The monoisotopic (exact) mass is 318 g/mol. The summed E-state index contributed by atoms with van der Waals surface area (Å²) in [6.07, 6.45) is -3.83. The number of nitrogens with one attached hydrogen (secondary N) is 1. The topological polar surface area (TPSA) is 24.9 Å². The fraction of sp³-hybridized carbons (Fsp3) is 0.357. The van der Waals surface area contributed by atoms with Crippen LogP contribution >= 0.6 is 11.3 Å². The van der Waals surface area contributed by atoms with Gasteiger partial charge in [-0.05, 0) is 30.7 Å². The molecule has 0 amide bonds. The van der Waals surface area contributed by atoms with Crippen LogP contribution in [0.15, 0.2) is 29.1 Å². The van der Waals surface area contributed by atoms with Crippen molar-refractivity contribution in [3.63, 3.8) is 0 Å². The van der Waals surface area contributed by atoms with Crippen LogP contribution in [0.1, 0.15) is 36.2 Å². The second kappa shape index (κ2) is 6.53. The van der Waals surface area contributed by atoms with E-state index in [1.807, 2.05) is 6.92 Å². The van der Waals surface area contributed by atoms with E-state index in [2.05, 4.69) is 10.3 Å². The van der Waals surface area contributed by atoms with Gasteiger partial charge in [0.25, 0.3) is 0 Å². The SMILES string of the molecule is CCCNC(c1ccc(C(F)(F)F)c(F)c1)c1cscn1. The van der Waals surface area contributed by atoms with Crippen LogP contribution in [0.4, 0.5) is 17.6 Å². The number of nitrogens with zero attached hydrogens (tertiary/aromatic N) is 1. The molecule has 0 bridgehead atoms. The molecular formula is C14H14F4N2S. The summed E-state index contributed by atoms with van der Waals surface area (Å²) in [4.78, 5) is 4.16. The molecule has 0 spiro atoms. The predicted molar refractivity (Wildman–Crippen MR) is 73.7 cm³/mol. The van der Waals surface area contributed by atoms with Crippen LogP contribution in [0.2, 0.25) is 0 Å². The highest BCUT2D eigenvalue weighted by Gasteiger charge is 2.34. The van der Waals surface area contributed by atoms with Crippen molar-refractivity contribution >= 4 is 11.3 Å². The Hall–Kier alpha value is -1.47. The highest BCUT2D eigenvalue weighted by molar-refractivity contribution is 7.07. The van der Waals surface area contributed by atoms with Crippen molar-refractivity contribution in [1.82, 2.24) is 10.3 Å². The average Bonchev–Trinajstić information content (AvgIpc) is 2.91. The highest BCUT2D eigenvalue weighted by atomic mass is 32.1. The molecule has 2 nitrogen and oxygen atoms in total. The molecule has 0 fully saturated rings. The van der Waals surface area contributed by atoms with Crippen LogP contribution in [0.5, 0.6) is 0 Å². The molecule has 1 heterocycles. The number of hydrogen-bond acceptors (Lipinski definition) is 3. The van der Waals surface area contributed by atoms with E-state index in [4.69, 9.17) is 0 Å². The van der Waals surface area contributed by atoms with Crippen LogP contribution < -0.4 is 5.32 Å². The number of aromatic nitrogens is 1. The van der Waals surface area contributed by atoms with E-state index < -0.39 is 23.6 Å². The Kier molecular flexibility index (Phi) is 4.95. The molecule has 1 atom stereocenters. The fourth-order valence-corrected chi connectivity index (χ4v) is 2.57. The number of rotatable bonds is 5. The molecule has 1 unspecified atom stereocenters. The lowest BCUT2D eigenvalue weighted by molar-refractivity contribution is -0.140. The van der Waals surface area contributed by atoms with E-state index >= 15 is 0 Å². The van der Waals surface area contributed by atoms with Gasteiger partial charge in [0.15, 0.2) is 0 Å². The van der Waals surface area contributed by atoms with Gasteiger partial charge in [0.05, 0.1) is 22.8 Å². The molecule has 0 saturated carbocycles. The summed E-state index contributed by atoms with van der Waals surface area (Å²) in [5, 5.41) is 4.96. The third kappa shape index (κ3) is 3.79. The Morgan fingerprint density at radius 3 is 2.62 bits per heavy atom. The number of thiazole rings is 1. The van der Waals surface area contributed by atoms with Gasteiger partial charge >= 0.3 is 6.18 Å². The van der Waals surface area contributed by atoms with Gasteiger partial charge in [-0.15, -0.1) is 11.3 Å². The minimum absolute atomic E-state index is 0.409. The summed E-state index contributed by atoms with van der Waals surface area (Å²) in [5.74, 6) is -1.27. The van der Waals surface area contributed by atoms with Crippen LogP contribution in [0, 0.1) is 5.82 Å². The lowest BCUT2D eigenvalue weighted by atomic mass is 10.0. The minimum Gasteiger partial charge on any atom is -0.305 e. The maximum Gasteiger partial charge on any atom is 0.419 e. The molecule has 7 heteroatoms. The van der Waals surface area contributed by atoms with E-state index in [1.165, 1.54) is 17.4 Å². The van der Waals surface area contributed by atoms with Gasteiger partial charge in [-0.25, -0.2) is 9.37 Å². The smallest absolute Gasteiger partial charge is 0.305 e. The Labute approximate surface area is 123 Å². The molecular weight excluding hydrogens is 304 g/mol. The third-order valence-corrected chi connectivity index (χ3v) is 3.58. The highest BCUT2D eigenvalue weighted by Crippen LogP contribution is 2.33. The van der Waals surface area contributed by atoms with E-state index in [-0.39, 0.29) is 0 Å². The van der Waals surface area contributed by atoms with Crippen LogP contribution in [-0.2, 0) is 6.18 Å². The summed E-state index contributed by atoms with van der Waals surface area (Å²) < 4.78 is 51.5.